The molecule has 1 N–H and O–H groups in total. The molecule has 0 aromatic carbocycles. The van der Waals surface area contributed by atoms with Gasteiger partial charge in [-0.25, -0.2) is 0 Å². The molecule has 1 radical (unpaired) electrons. The Hall–Kier alpha value is -0.530. The highest BCUT2D eigenvalue weighted by molar-refractivity contribution is 5.77. The molecule has 2 heteroatoms. The largest absolute Gasteiger partial charge is 0.481 e. The molecule has 2 nitrogen and oxygen atoms in total. The summed E-state index contributed by atoms with van der Waals surface area (Å²) in [5, 5.41) is 8.36. The van der Waals surface area contributed by atoms with Crippen LogP contribution >= 0.6 is 0 Å². The summed E-state index contributed by atoms with van der Waals surface area (Å²) in [4.78, 5) is 10.1. The van der Waals surface area contributed by atoms with Crippen LogP contribution in [-0.2, 0) is 4.79 Å². The summed E-state index contributed by atoms with van der Waals surface area (Å²) in [6.07, 6.45) is 1.83. The van der Waals surface area contributed by atoms with Crippen LogP contribution in [0.1, 0.15) is 13.8 Å². The Bertz CT molecular complexity index is 126. The Morgan fingerprint density at radius 2 is 2.12 bits per heavy atom. The van der Waals surface area contributed by atoms with E-state index in [0.29, 0.717) is 0 Å². The number of carbonyl (C=O) groups is 1. The van der Waals surface area contributed by atoms with E-state index in [-0.39, 0.29) is 11.3 Å². The van der Waals surface area contributed by atoms with Crippen molar-refractivity contribution in [1.29, 1.82) is 0 Å². The lowest BCUT2D eigenvalue weighted by molar-refractivity contribution is -0.139. The SMILES string of the molecule is CC1(C)[CH]C1C(=O)O. The van der Waals surface area contributed by atoms with Gasteiger partial charge in [-0.2, -0.15) is 0 Å². The quantitative estimate of drug-likeness (QED) is 0.549. The summed E-state index contributed by atoms with van der Waals surface area (Å²) >= 11 is 0. The first kappa shape index (κ1) is 5.60. The summed E-state index contributed by atoms with van der Waals surface area (Å²) in [7, 11) is 0. The molecule has 0 aromatic rings. The zero-order valence-corrected chi connectivity index (χ0v) is 5.01. The van der Waals surface area contributed by atoms with E-state index in [4.69, 9.17) is 5.11 Å². The standard InChI is InChI=1S/C6H9O2/c1-6(2)3-4(6)5(7)8/h3-4H,1-2H3,(H,7,8). The van der Waals surface area contributed by atoms with Crippen LogP contribution < -0.4 is 0 Å². The molecule has 1 atom stereocenters. The molecule has 1 aliphatic rings. The molecule has 0 amide bonds. The average Bonchev–Trinajstić information content (AvgIpc) is 2.13. The van der Waals surface area contributed by atoms with E-state index in [0.717, 1.165) is 0 Å². The van der Waals surface area contributed by atoms with Crippen LogP contribution in [-0.4, -0.2) is 11.1 Å². The Morgan fingerprint density at radius 3 is 2.12 bits per heavy atom. The predicted molar refractivity (Wildman–Crippen MR) is 29.2 cm³/mol. The van der Waals surface area contributed by atoms with Crippen molar-refractivity contribution < 1.29 is 9.90 Å². The number of hydrogen-bond donors (Lipinski definition) is 1. The molecule has 45 valence electrons. The summed E-state index contributed by atoms with van der Waals surface area (Å²) in [6, 6.07) is 0. The van der Waals surface area contributed by atoms with E-state index in [9.17, 15) is 4.79 Å². The van der Waals surface area contributed by atoms with Crippen molar-refractivity contribution in [1.82, 2.24) is 0 Å². The molecule has 0 aromatic heterocycles. The smallest absolute Gasteiger partial charge is 0.307 e. The highest BCUT2D eigenvalue weighted by atomic mass is 16.4. The minimum absolute atomic E-state index is 0.0359. The normalized spacial score (nSPS) is 32.0. The molecule has 8 heavy (non-hydrogen) atoms. The van der Waals surface area contributed by atoms with Crippen LogP contribution in [0.25, 0.3) is 0 Å². The molecule has 1 saturated carbocycles. The van der Waals surface area contributed by atoms with Gasteiger partial charge in [-0.05, 0) is 11.8 Å². The molecule has 1 rings (SSSR count). The molecular weight excluding hydrogens is 104 g/mol. The maximum Gasteiger partial charge on any atom is 0.307 e. The number of aliphatic carboxylic acids is 1. The van der Waals surface area contributed by atoms with E-state index in [1.54, 1.807) is 0 Å². The summed E-state index contributed by atoms with van der Waals surface area (Å²) < 4.78 is 0. The Labute approximate surface area is 48.5 Å². The molecule has 0 bridgehead atoms. The van der Waals surface area contributed by atoms with Crippen LogP contribution in [0, 0.1) is 17.8 Å². The van der Waals surface area contributed by atoms with Crippen LogP contribution in [0.2, 0.25) is 0 Å². The lowest BCUT2D eigenvalue weighted by Crippen LogP contribution is -2.02. The summed E-state index contributed by atoms with van der Waals surface area (Å²) in [6.45, 7) is 3.84. The Balaban J connectivity index is 2.48. The van der Waals surface area contributed by atoms with Crippen molar-refractivity contribution in [2.24, 2.45) is 11.3 Å². The average molecular weight is 113 g/mol. The number of carboxylic acid groups (broad SMARTS) is 1. The first-order valence-corrected chi connectivity index (χ1v) is 2.63. The monoisotopic (exact) mass is 113 g/mol. The second-order valence-electron chi connectivity index (χ2n) is 2.80. The minimum atomic E-state index is -0.699. The Kier molecular flexibility index (Phi) is 0.872. The maximum absolute atomic E-state index is 10.1. The lowest BCUT2D eigenvalue weighted by atomic mass is 10.1. The highest BCUT2D eigenvalue weighted by Gasteiger charge is 2.51. The van der Waals surface area contributed by atoms with Gasteiger partial charge in [0.05, 0.1) is 5.92 Å². The Morgan fingerprint density at radius 1 is 1.75 bits per heavy atom. The van der Waals surface area contributed by atoms with Crippen molar-refractivity contribution in [3.8, 4) is 0 Å². The van der Waals surface area contributed by atoms with Crippen molar-refractivity contribution >= 4 is 5.97 Å². The number of hydrogen-bond acceptors (Lipinski definition) is 1. The second-order valence-corrected chi connectivity index (χ2v) is 2.80. The van der Waals surface area contributed by atoms with Gasteiger partial charge in [-0.15, -0.1) is 0 Å². The van der Waals surface area contributed by atoms with Gasteiger partial charge in [0.15, 0.2) is 0 Å². The maximum atomic E-state index is 10.1. The van der Waals surface area contributed by atoms with E-state index in [1.807, 2.05) is 20.3 Å². The van der Waals surface area contributed by atoms with Gasteiger partial charge in [-0.1, -0.05) is 13.8 Å². The predicted octanol–water partition coefficient (Wildman–Crippen LogP) is 0.931. The fraction of sp³-hybridized carbons (Fsp3) is 0.667. The summed E-state index contributed by atoms with van der Waals surface area (Å²) in [5.74, 6) is -0.891. The van der Waals surface area contributed by atoms with Gasteiger partial charge in [0, 0.05) is 0 Å². The third kappa shape index (κ3) is 0.703. The molecule has 1 fully saturated rings. The lowest BCUT2D eigenvalue weighted by Gasteiger charge is -1.94. The zero-order valence-electron chi connectivity index (χ0n) is 5.01. The van der Waals surface area contributed by atoms with Gasteiger partial charge in [-0.3, -0.25) is 4.79 Å². The molecular formula is C6H9O2. The molecule has 0 aliphatic heterocycles. The van der Waals surface area contributed by atoms with E-state index < -0.39 is 5.97 Å². The van der Waals surface area contributed by atoms with Gasteiger partial charge in [0.1, 0.15) is 0 Å². The van der Waals surface area contributed by atoms with Gasteiger partial charge >= 0.3 is 5.97 Å². The first-order chi connectivity index (χ1) is 3.54. The molecule has 0 spiro atoms. The minimum Gasteiger partial charge on any atom is -0.481 e. The van der Waals surface area contributed by atoms with Crippen molar-refractivity contribution in [3.63, 3.8) is 0 Å². The molecule has 1 aliphatic carbocycles. The zero-order chi connectivity index (χ0) is 6.36. The highest BCUT2D eigenvalue weighted by Crippen LogP contribution is 2.50. The van der Waals surface area contributed by atoms with Crippen molar-refractivity contribution in [2.75, 3.05) is 0 Å². The van der Waals surface area contributed by atoms with Crippen LogP contribution in [0.4, 0.5) is 0 Å². The molecule has 0 saturated heterocycles. The van der Waals surface area contributed by atoms with Crippen LogP contribution in [0.15, 0.2) is 0 Å². The fourth-order valence-electron chi connectivity index (χ4n) is 0.771. The fourth-order valence-corrected chi connectivity index (χ4v) is 0.771. The number of carboxylic acids is 1. The topological polar surface area (TPSA) is 37.3 Å². The number of rotatable bonds is 1. The van der Waals surface area contributed by atoms with Gasteiger partial charge in [0.2, 0.25) is 0 Å². The van der Waals surface area contributed by atoms with E-state index in [2.05, 4.69) is 0 Å². The van der Waals surface area contributed by atoms with Crippen LogP contribution in [0.3, 0.4) is 0 Å². The van der Waals surface area contributed by atoms with E-state index >= 15 is 0 Å². The summed E-state index contributed by atoms with van der Waals surface area (Å²) in [5.41, 5.74) is -0.0359. The third-order valence-corrected chi connectivity index (χ3v) is 1.55. The van der Waals surface area contributed by atoms with Crippen LogP contribution in [0.5, 0.6) is 0 Å². The second kappa shape index (κ2) is 1.24. The third-order valence-electron chi connectivity index (χ3n) is 1.55. The molecule has 1 unspecified atom stereocenters. The van der Waals surface area contributed by atoms with Gasteiger partial charge in [0.25, 0.3) is 0 Å². The van der Waals surface area contributed by atoms with E-state index in [1.165, 1.54) is 0 Å². The molecule has 0 heterocycles. The van der Waals surface area contributed by atoms with Crippen molar-refractivity contribution in [2.45, 2.75) is 13.8 Å². The van der Waals surface area contributed by atoms with Gasteiger partial charge < -0.3 is 5.11 Å². The first-order valence-electron chi connectivity index (χ1n) is 2.63. The van der Waals surface area contributed by atoms with Crippen molar-refractivity contribution in [3.05, 3.63) is 6.42 Å².